The summed E-state index contributed by atoms with van der Waals surface area (Å²) < 4.78 is 5.31. The van der Waals surface area contributed by atoms with Crippen LogP contribution in [0.3, 0.4) is 0 Å². The van der Waals surface area contributed by atoms with Crippen LogP contribution < -0.4 is 5.73 Å². The summed E-state index contributed by atoms with van der Waals surface area (Å²) in [5, 5.41) is 5.86. The van der Waals surface area contributed by atoms with Gasteiger partial charge in [-0.25, -0.2) is 4.98 Å². The van der Waals surface area contributed by atoms with Gasteiger partial charge in [-0.05, 0) is 11.8 Å². The highest BCUT2D eigenvalue weighted by Gasteiger charge is 2.24. The summed E-state index contributed by atoms with van der Waals surface area (Å²) in [7, 11) is 0. The number of rotatable bonds is 4. The van der Waals surface area contributed by atoms with Crippen molar-refractivity contribution >= 4 is 11.3 Å². The van der Waals surface area contributed by atoms with E-state index in [4.69, 9.17) is 10.3 Å². The summed E-state index contributed by atoms with van der Waals surface area (Å²) in [6.45, 7) is 7.03. The average Bonchev–Trinajstić information content (AvgIpc) is 2.94. The van der Waals surface area contributed by atoms with Crippen LogP contribution in [0, 0.1) is 5.41 Å². The largest absolute Gasteiger partial charge is 0.339 e. The molecule has 6 heteroatoms. The molecular formula is C12H18N4OS. The van der Waals surface area contributed by atoms with Gasteiger partial charge in [0.15, 0.2) is 0 Å². The predicted molar refractivity (Wildman–Crippen MR) is 71.3 cm³/mol. The van der Waals surface area contributed by atoms with Crippen molar-refractivity contribution in [1.82, 2.24) is 15.1 Å². The van der Waals surface area contributed by atoms with Gasteiger partial charge in [0.05, 0.1) is 11.4 Å². The van der Waals surface area contributed by atoms with Crippen molar-refractivity contribution in [3.63, 3.8) is 0 Å². The topological polar surface area (TPSA) is 77.8 Å². The molecule has 18 heavy (non-hydrogen) atoms. The lowest BCUT2D eigenvalue weighted by atomic mass is 9.84. The summed E-state index contributed by atoms with van der Waals surface area (Å²) in [5.74, 6) is 1.25. The van der Waals surface area contributed by atoms with E-state index in [0.717, 1.165) is 12.1 Å². The highest BCUT2D eigenvalue weighted by Crippen LogP contribution is 2.30. The summed E-state index contributed by atoms with van der Waals surface area (Å²) >= 11 is 1.51. The molecule has 2 aromatic heterocycles. The molecular weight excluding hydrogens is 248 g/mol. The van der Waals surface area contributed by atoms with Gasteiger partial charge >= 0.3 is 0 Å². The highest BCUT2D eigenvalue weighted by atomic mass is 32.1. The molecule has 2 aromatic rings. The Morgan fingerprint density at radius 1 is 1.44 bits per heavy atom. The smallest absolute Gasteiger partial charge is 0.231 e. The molecule has 0 fully saturated rings. The first-order valence-corrected chi connectivity index (χ1v) is 6.86. The van der Waals surface area contributed by atoms with Crippen LogP contribution in [0.1, 0.15) is 39.0 Å². The Hall–Kier alpha value is -1.27. The molecule has 0 saturated heterocycles. The molecule has 0 aromatic carbocycles. The van der Waals surface area contributed by atoms with Crippen molar-refractivity contribution in [2.75, 3.05) is 6.54 Å². The minimum absolute atomic E-state index is 0.102. The SMILES string of the molecule is CC(C)(C)CC(CN)c1nc(-c2cscn2)no1. The summed E-state index contributed by atoms with van der Waals surface area (Å²) in [4.78, 5) is 8.56. The summed E-state index contributed by atoms with van der Waals surface area (Å²) in [5.41, 5.74) is 8.48. The lowest BCUT2D eigenvalue weighted by molar-refractivity contribution is 0.287. The number of hydrogen-bond acceptors (Lipinski definition) is 6. The van der Waals surface area contributed by atoms with E-state index < -0.39 is 0 Å². The normalized spacial score (nSPS) is 13.8. The fourth-order valence-electron chi connectivity index (χ4n) is 1.84. The molecule has 98 valence electrons. The van der Waals surface area contributed by atoms with Gasteiger partial charge in [-0.2, -0.15) is 4.98 Å². The maximum absolute atomic E-state index is 5.80. The first-order valence-electron chi connectivity index (χ1n) is 5.92. The molecule has 2 heterocycles. The van der Waals surface area contributed by atoms with Crippen molar-refractivity contribution < 1.29 is 4.52 Å². The molecule has 0 bridgehead atoms. The van der Waals surface area contributed by atoms with Gasteiger partial charge in [-0.3, -0.25) is 0 Å². The van der Waals surface area contributed by atoms with Crippen molar-refractivity contribution in [1.29, 1.82) is 0 Å². The van der Waals surface area contributed by atoms with Crippen LogP contribution in [0.4, 0.5) is 0 Å². The first kappa shape index (κ1) is 13.2. The third-order valence-electron chi connectivity index (χ3n) is 2.60. The number of hydrogen-bond donors (Lipinski definition) is 1. The summed E-state index contributed by atoms with van der Waals surface area (Å²) in [6.07, 6.45) is 0.919. The third-order valence-corrected chi connectivity index (χ3v) is 3.18. The Balaban J connectivity index is 2.18. The molecule has 0 amide bonds. The third kappa shape index (κ3) is 3.14. The zero-order chi connectivity index (χ0) is 13.2. The Bertz CT molecular complexity index is 486. The molecule has 0 aliphatic rings. The lowest BCUT2D eigenvalue weighted by Crippen LogP contribution is -2.19. The average molecular weight is 266 g/mol. The molecule has 1 unspecified atom stereocenters. The van der Waals surface area contributed by atoms with E-state index in [1.807, 2.05) is 5.38 Å². The van der Waals surface area contributed by atoms with Gasteiger partial charge in [0.1, 0.15) is 5.69 Å². The van der Waals surface area contributed by atoms with Gasteiger partial charge in [-0.1, -0.05) is 25.9 Å². The Morgan fingerprint density at radius 3 is 2.78 bits per heavy atom. The second kappa shape index (κ2) is 5.16. The molecule has 0 spiro atoms. The molecule has 2 N–H and O–H groups in total. The molecule has 2 rings (SSSR count). The van der Waals surface area contributed by atoms with Crippen molar-refractivity contribution in [2.45, 2.75) is 33.1 Å². The van der Waals surface area contributed by atoms with E-state index in [0.29, 0.717) is 18.3 Å². The number of thiazole rings is 1. The Kier molecular flexibility index (Phi) is 3.77. The van der Waals surface area contributed by atoms with E-state index in [-0.39, 0.29) is 11.3 Å². The number of aromatic nitrogens is 3. The standard InChI is InChI=1S/C12H18N4OS/c1-12(2,3)4-8(5-13)11-15-10(16-17-11)9-6-18-7-14-9/h6-8H,4-5,13H2,1-3H3. The first-order chi connectivity index (χ1) is 8.49. The minimum atomic E-state index is 0.102. The molecule has 0 radical (unpaired) electrons. The molecule has 0 saturated carbocycles. The molecule has 1 atom stereocenters. The zero-order valence-corrected chi connectivity index (χ0v) is 11.7. The highest BCUT2D eigenvalue weighted by molar-refractivity contribution is 7.07. The monoisotopic (exact) mass is 266 g/mol. The Labute approximate surface area is 110 Å². The van der Waals surface area contributed by atoms with E-state index in [2.05, 4.69) is 35.9 Å². The van der Waals surface area contributed by atoms with E-state index >= 15 is 0 Å². The molecule has 0 aliphatic heterocycles. The zero-order valence-electron chi connectivity index (χ0n) is 10.9. The predicted octanol–water partition coefficient (Wildman–Crippen LogP) is 2.67. The quantitative estimate of drug-likeness (QED) is 0.920. The van der Waals surface area contributed by atoms with Crippen molar-refractivity contribution in [3.8, 4) is 11.5 Å². The van der Waals surface area contributed by atoms with Crippen LogP contribution in [0.2, 0.25) is 0 Å². The number of nitrogens with zero attached hydrogens (tertiary/aromatic N) is 3. The van der Waals surface area contributed by atoms with E-state index in [1.54, 1.807) is 5.51 Å². The van der Waals surface area contributed by atoms with E-state index in [9.17, 15) is 0 Å². The molecule has 5 nitrogen and oxygen atoms in total. The van der Waals surface area contributed by atoms with Gasteiger partial charge < -0.3 is 10.3 Å². The lowest BCUT2D eigenvalue weighted by Gasteiger charge is -2.22. The minimum Gasteiger partial charge on any atom is -0.339 e. The number of nitrogens with two attached hydrogens (primary N) is 1. The maximum Gasteiger partial charge on any atom is 0.231 e. The van der Waals surface area contributed by atoms with Crippen LogP contribution in [-0.2, 0) is 0 Å². The fraction of sp³-hybridized carbons (Fsp3) is 0.583. The van der Waals surface area contributed by atoms with Gasteiger partial charge in [0.2, 0.25) is 11.7 Å². The van der Waals surface area contributed by atoms with Crippen molar-refractivity contribution in [3.05, 3.63) is 16.8 Å². The van der Waals surface area contributed by atoms with Crippen molar-refractivity contribution in [2.24, 2.45) is 11.1 Å². The van der Waals surface area contributed by atoms with Gasteiger partial charge in [-0.15, -0.1) is 11.3 Å². The van der Waals surface area contributed by atoms with Gasteiger partial charge in [0, 0.05) is 11.9 Å². The van der Waals surface area contributed by atoms with Crippen LogP contribution in [0.15, 0.2) is 15.4 Å². The Morgan fingerprint density at radius 2 is 2.22 bits per heavy atom. The van der Waals surface area contributed by atoms with Crippen LogP contribution in [-0.4, -0.2) is 21.7 Å². The maximum atomic E-state index is 5.80. The summed E-state index contributed by atoms with van der Waals surface area (Å²) in [6, 6.07) is 0. The van der Waals surface area contributed by atoms with Crippen LogP contribution in [0.5, 0.6) is 0 Å². The fourth-order valence-corrected chi connectivity index (χ4v) is 2.37. The van der Waals surface area contributed by atoms with Crippen LogP contribution >= 0.6 is 11.3 Å². The second-order valence-electron chi connectivity index (χ2n) is 5.53. The van der Waals surface area contributed by atoms with E-state index in [1.165, 1.54) is 11.3 Å². The van der Waals surface area contributed by atoms with Crippen LogP contribution in [0.25, 0.3) is 11.5 Å². The van der Waals surface area contributed by atoms with Gasteiger partial charge in [0.25, 0.3) is 0 Å². The second-order valence-corrected chi connectivity index (χ2v) is 6.25. The molecule has 0 aliphatic carbocycles.